The maximum atomic E-state index is 13.0. The molecule has 0 radical (unpaired) electrons. The molecule has 6 nitrogen and oxygen atoms in total. The number of amides is 1. The fourth-order valence-electron chi connectivity index (χ4n) is 3.90. The smallest absolute Gasteiger partial charge is 0.253 e. The lowest BCUT2D eigenvalue weighted by atomic mass is 9.84. The first-order valence-corrected chi connectivity index (χ1v) is 12.2. The molecule has 4 rings (SSSR count). The van der Waals surface area contributed by atoms with E-state index < -0.39 is 5.60 Å². The Kier molecular flexibility index (Phi) is 7.77. The summed E-state index contributed by atoms with van der Waals surface area (Å²) in [5.41, 5.74) is 2.27. The van der Waals surface area contributed by atoms with Crippen LogP contribution in [0.4, 0.5) is 5.69 Å². The van der Waals surface area contributed by atoms with Gasteiger partial charge in [0.2, 0.25) is 0 Å². The minimum atomic E-state index is -1.01. The lowest BCUT2D eigenvalue weighted by molar-refractivity contribution is -0.0210. The Morgan fingerprint density at radius 3 is 2.62 bits per heavy atom. The van der Waals surface area contributed by atoms with Gasteiger partial charge < -0.3 is 20.0 Å². The molecule has 3 N–H and O–H groups in total. The fraction of sp³-hybridized carbons (Fsp3) is 0.231. The number of aliphatic imine (C=N–C) groups is 1. The second kappa shape index (κ2) is 11.0. The van der Waals surface area contributed by atoms with Crippen LogP contribution >= 0.6 is 23.5 Å². The maximum Gasteiger partial charge on any atom is 0.253 e. The second-order valence-electron chi connectivity index (χ2n) is 8.22. The van der Waals surface area contributed by atoms with Gasteiger partial charge >= 0.3 is 0 Å². The number of halogens is 1. The number of piperidine rings is 1. The van der Waals surface area contributed by atoms with E-state index in [-0.39, 0.29) is 5.91 Å². The molecule has 0 saturated carbocycles. The summed E-state index contributed by atoms with van der Waals surface area (Å²) in [6, 6.07) is 14.7. The number of benzene rings is 2. The number of hydrogen-bond donors (Lipinski definition) is 3. The minimum Gasteiger partial charge on any atom is -0.385 e. The summed E-state index contributed by atoms with van der Waals surface area (Å²) in [7, 11) is 0. The van der Waals surface area contributed by atoms with Crippen LogP contribution in [0.1, 0.15) is 28.8 Å². The zero-order valence-electron chi connectivity index (χ0n) is 18.7. The molecule has 2 aliphatic rings. The Morgan fingerprint density at radius 2 is 1.94 bits per heavy atom. The van der Waals surface area contributed by atoms with Crippen molar-refractivity contribution in [2.24, 2.45) is 4.99 Å². The van der Waals surface area contributed by atoms with Crippen LogP contribution in [0.2, 0.25) is 5.02 Å². The van der Waals surface area contributed by atoms with E-state index in [2.05, 4.69) is 21.6 Å². The number of allylic oxidation sites excluding steroid dienone is 3. The number of hydrogen-bond acceptors (Lipinski definition) is 6. The first kappa shape index (κ1) is 24.1. The Morgan fingerprint density at radius 1 is 1.21 bits per heavy atom. The van der Waals surface area contributed by atoms with Gasteiger partial charge in [0.05, 0.1) is 18.5 Å². The number of likely N-dealkylation sites (tertiary alicyclic amines) is 1. The van der Waals surface area contributed by atoms with Crippen molar-refractivity contribution in [2.75, 3.05) is 24.4 Å². The standard InChI is InChI=1S/C26H27ClN4O2S/c1-19(5-4-6-22-17-28-18-29-22)34-30-21-11-9-20(10-12-21)25(32)31-15-13-26(33,14-16-31)23-7-2-3-8-24(23)27/h2-12,18,30,33H,1,13-17H2,(H,28,29)/b5-4-,22-6+. The van der Waals surface area contributed by atoms with Crippen molar-refractivity contribution in [1.29, 1.82) is 0 Å². The van der Waals surface area contributed by atoms with Crippen molar-refractivity contribution < 1.29 is 9.90 Å². The zero-order valence-corrected chi connectivity index (χ0v) is 20.3. The number of aliphatic hydroxyl groups is 1. The average molecular weight is 495 g/mol. The van der Waals surface area contributed by atoms with Crippen LogP contribution in [0.15, 0.2) is 88.9 Å². The first-order chi connectivity index (χ1) is 16.4. The van der Waals surface area contributed by atoms with Crippen molar-refractivity contribution in [1.82, 2.24) is 10.2 Å². The largest absolute Gasteiger partial charge is 0.385 e. The summed E-state index contributed by atoms with van der Waals surface area (Å²) in [6.07, 6.45) is 8.41. The number of rotatable bonds is 7. The molecule has 2 aliphatic heterocycles. The summed E-state index contributed by atoms with van der Waals surface area (Å²) in [4.78, 5) is 19.7. The molecule has 8 heteroatoms. The predicted molar refractivity (Wildman–Crippen MR) is 141 cm³/mol. The highest BCUT2D eigenvalue weighted by molar-refractivity contribution is 8.04. The normalized spacial score (nSPS) is 18.3. The highest BCUT2D eigenvalue weighted by Crippen LogP contribution is 2.37. The topological polar surface area (TPSA) is 77.0 Å². The van der Waals surface area contributed by atoms with E-state index in [9.17, 15) is 9.90 Å². The molecule has 176 valence electrons. The van der Waals surface area contributed by atoms with E-state index in [0.717, 1.165) is 21.9 Å². The summed E-state index contributed by atoms with van der Waals surface area (Å²) in [6.45, 7) is 5.64. The molecule has 0 spiro atoms. The predicted octanol–water partition coefficient (Wildman–Crippen LogP) is 5.11. The van der Waals surface area contributed by atoms with E-state index in [4.69, 9.17) is 11.6 Å². The lowest BCUT2D eigenvalue weighted by Crippen LogP contribution is -2.45. The highest BCUT2D eigenvalue weighted by atomic mass is 35.5. The summed E-state index contributed by atoms with van der Waals surface area (Å²) in [5.74, 6) is -0.0368. The summed E-state index contributed by atoms with van der Waals surface area (Å²) < 4.78 is 3.24. The molecule has 1 saturated heterocycles. The van der Waals surface area contributed by atoms with Crippen LogP contribution in [0.3, 0.4) is 0 Å². The van der Waals surface area contributed by atoms with Gasteiger partial charge in [-0.3, -0.25) is 9.79 Å². The number of carbonyl (C=O) groups is 1. The van der Waals surface area contributed by atoms with Crippen LogP contribution in [0.25, 0.3) is 0 Å². The monoisotopic (exact) mass is 494 g/mol. The van der Waals surface area contributed by atoms with Gasteiger partial charge in [-0.15, -0.1) is 0 Å². The molecule has 1 amide bonds. The van der Waals surface area contributed by atoms with Gasteiger partial charge in [-0.05, 0) is 67.3 Å². The summed E-state index contributed by atoms with van der Waals surface area (Å²) >= 11 is 7.69. The van der Waals surface area contributed by atoms with Gasteiger partial charge in [-0.1, -0.05) is 42.5 Å². The number of nitrogens with zero attached hydrogens (tertiary/aromatic N) is 2. The Balaban J connectivity index is 1.27. The molecule has 1 fully saturated rings. The molecule has 34 heavy (non-hydrogen) atoms. The fourth-order valence-corrected chi connectivity index (χ4v) is 4.74. The van der Waals surface area contributed by atoms with Crippen LogP contribution in [0, 0.1) is 0 Å². The van der Waals surface area contributed by atoms with Gasteiger partial charge in [-0.25, -0.2) is 0 Å². The Labute approximate surface area is 209 Å². The van der Waals surface area contributed by atoms with Gasteiger partial charge in [0.25, 0.3) is 5.91 Å². The SMILES string of the molecule is C=C(/C=C\C=C1/CN=CN1)SNc1ccc(C(=O)N2CCC(O)(c3ccccc3Cl)CC2)cc1. The van der Waals surface area contributed by atoms with Gasteiger partial charge in [0.1, 0.15) is 0 Å². The molecule has 0 aliphatic carbocycles. The first-order valence-electron chi connectivity index (χ1n) is 11.1. The van der Waals surface area contributed by atoms with E-state index in [1.165, 1.54) is 11.9 Å². The molecular formula is C26H27ClN4O2S. The Bertz CT molecular complexity index is 1130. The third-order valence-corrected chi connectivity index (χ3v) is 6.93. The third kappa shape index (κ3) is 5.91. The number of carbonyl (C=O) groups excluding carboxylic acids is 1. The highest BCUT2D eigenvalue weighted by Gasteiger charge is 2.36. The van der Waals surface area contributed by atoms with E-state index >= 15 is 0 Å². The van der Waals surface area contributed by atoms with Crippen molar-refractivity contribution in [3.05, 3.63) is 100 Å². The van der Waals surface area contributed by atoms with Crippen LogP contribution in [0.5, 0.6) is 0 Å². The lowest BCUT2D eigenvalue weighted by Gasteiger charge is -2.39. The molecule has 2 aromatic rings. The van der Waals surface area contributed by atoms with Gasteiger partial charge in [-0.2, -0.15) is 0 Å². The molecule has 0 unspecified atom stereocenters. The molecule has 2 aromatic carbocycles. The zero-order chi connectivity index (χ0) is 24.0. The molecule has 0 aromatic heterocycles. The van der Waals surface area contributed by atoms with E-state index in [1.54, 1.807) is 17.3 Å². The van der Waals surface area contributed by atoms with Crippen molar-refractivity contribution in [3.8, 4) is 0 Å². The van der Waals surface area contributed by atoms with E-state index in [1.807, 2.05) is 60.7 Å². The van der Waals surface area contributed by atoms with Crippen molar-refractivity contribution in [2.45, 2.75) is 18.4 Å². The molecule has 0 bridgehead atoms. The minimum absolute atomic E-state index is 0.0368. The van der Waals surface area contributed by atoms with Crippen molar-refractivity contribution in [3.63, 3.8) is 0 Å². The average Bonchev–Trinajstić information content (AvgIpc) is 3.37. The van der Waals surface area contributed by atoms with E-state index in [0.29, 0.717) is 43.1 Å². The molecule has 0 atom stereocenters. The quantitative estimate of drug-likeness (QED) is 0.368. The van der Waals surface area contributed by atoms with Gasteiger partial charge in [0.15, 0.2) is 0 Å². The maximum absolute atomic E-state index is 13.0. The molecular weight excluding hydrogens is 468 g/mol. The van der Waals surface area contributed by atoms with Crippen molar-refractivity contribution >= 4 is 41.5 Å². The third-order valence-electron chi connectivity index (χ3n) is 5.87. The molecule has 2 heterocycles. The Hall–Kier alpha value is -3.00. The van der Waals surface area contributed by atoms with Gasteiger partial charge in [0, 0.05) is 45.5 Å². The number of anilines is 1. The number of nitrogens with one attached hydrogen (secondary N) is 2. The van der Waals surface area contributed by atoms with Crippen LogP contribution < -0.4 is 10.0 Å². The van der Waals surface area contributed by atoms with Crippen LogP contribution in [-0.4, -0.2) is 41.9 Å². The second-order valence-corrected chi connectivity index (χ2v) is 9.56. The summed E-state index contributed by atoms with van der Waals surface area (Å²) in [5, 5.41) is 14.7. The van der Waals surface area contributed by atoms with Crippen LogP contribution in [-0.2, 0) is 5.60 Å².